The van der Waals surface area contributed by atoms with Gasteiger partial charge < -0.3 is 4.74 Å². The van der Waals surface area contributed by atoms with Crippen molar-refractivity contribution in [2.75, 3.05) is 0 Å². The van der Waals surface area contributed by atoms with Gasteiger partial charge in [-0.3, -0.25) is 0 Å². The van der Waals surface area contributed by atoms with E-state index in [9.17, 15) is 4.79 Å². The van der Waals surface area contributed by atoms with Crippen molar-refractivity contribution < 1.29 is 9.53 Å². The Hall–Kier alpha value is -4.05. The monoisotopic (exact) mass is 462 g/mol. The summed E-state index contributed by atoms with van der Waals surface area (Å²) in [5.41, 5.74) is 5.22. The van der Waals surface area contributed by atoms with Crippen LogP contribution in [0.2, 0.25) is 0 Å². The Labute approximate surface area is 207 Å². The lowest BCUT2D eigenvalue weighted by Gasteiger charge is -2.11. The maximum atomic E-state index is 11.8. The van der Waals surface area contributed by atoms with Gasteiger partial charge in [-0.25, -0.2) is 14.8 Å². The lowest BCUT2D eigenvalue weighted by molar-refractivity contribution is -0.139. The molecule has 0 saturated heterocycles. The molecule has 1 heterocycles. The molecule has 0 aliphatic heterocycles. The quantitative estimate of drug-likeness (QED) is 0.134. The van der Waals surface area contributed by atoms with Crippen LogP contribution in [0.25, 0.3) is 22.4 Å². The van der Waals surface area contributed by atoms with Crippen LogP contribution in [0.4, 0.5) is 0 Å². The first-order valence-electron chi connectivity index (χ1n) is 12.1. The first-order valence-corrected chi connectivity index (χ1v) is 12.1. The average molecular weight is 463 g/mol. The van der Waals surface area contributed by atoms with Gasteiger partial charge in [-0.1, -0.05) is 103 Å². The number of allylic oxidation sites excluding steroid dienone is 1. The molecule has 0 aliphatic carbocycles. The number of carbonyl (C=O) groups is 1. The minimum absolute atomic E-state index is 0.297. The van der Waals surface area contributed by atoms with Crippen molar-refractivity contribution in [2.45, 2.75) is 38.7 Å². The number of esters is 1. The molecule has 0 saturated carbocycles. The molecule has 4 nitrogen and oxygen atoms in total. The standard InChI is InChI=1S/C31H30N2O2/c34-30(35-24-25-15-7-4-8-16-25)22-14-3-1-2-13-21-29-32-23-28(26-17-9-5-10-18-26)31(33-29)27-19-11-6-12-20-27/h4-12,14-20,22-23H,1-3,13,21,24H2. The van der Waals surface area contributed by atoms with Crippen LogP contribution >= 0.6 is 0 Å². The number of ether oxygens (including phenoxy) is 1. The maximum Gasteiger partial charge on any atom is 0.330 e. The van der Waals surface area contributed by atoms with Crippen molar-refractivity contribution in [3.8, 4) is 22.4 Å². The predicted molar refractivity (Wildman–Crippen MR) is 140 cm³/mol. The molecule has 0 amide bonds. The van der Waals surface area contributed by atoms with E-state index in [2.05, 4.69) is 29.2 Å². The van der Waals surface area contributed by atoms with E-state index in [1.54, 1.807) is 0 Å². The summed E-state index contributed by atoms with van der Waals surface area (Å²) >= 11 is 0. The Balaban J connectivity index is 1.25. The smallest absolute Gasteiger partial charge is 0.330 e. The van der Waals surface area contributed by atoms with Gasteiger partial charge in [-0.2, -0.15) is 0 Å². The molecule has 0 N–H and O–H groups in total. The van der Waals surface area contributed by atoms with Crippen LogP contribution in [0, 0.1) is 0 Å². The van der Waals surface area contributed by atoms with E-state index in [1.165, 1.54) is 6.08 Å². The molecule has 0 radical (unpaired) electrons. The van der Waals surface area contributed by atoms with Crippen LogP contribution in [0.3, 0.4) is 0 Å². The summed E-state index contributed by atoms with van der Waals surface area (Å²) in [5, 5.41) is 0. The van der Waals surface area contributed by atoms with Crippen LogP contribution < -0.4 is 0 Å². The number of nitrogens with zero attached hydrogens (tertiary/aromatic N) is 2. The number of hydrogen-bond acceptors (Lipinski definition) is 4. The molecule has 3 aromatic carbocycles. The molecule has 1 aromatic heterocycles. The van der Waals surface area contributed by atoms with Crippen LogP contribution in [0.5, 0.6) is 0 Å². The van der Waals surface area contributed by atoms with E-state index >= 15 is 0 Å². The minimum atomic E-state index is -0.297. The Morgan fingerprint density at radius 1 is 0.771 bits per heavy atom. The van der Waals surface area contributed by atoms with Gasteiger partial charge in [-0.05, 0) is 30.4 Å². The summed E-state index contributed by atoms with van der Waals surface area (Å²) in [4.78, 5) is 21.4. The molecule has 0 spiro atoms. The van der Waals surface area contributed by atoms with Crippen LogP contribution in [0.1, 0.15) is 37.1 Å². The van der Waals surface area contributed by atoms with E-state index in [-0.39, 0.29) is 5.97 Å². The lowest BCUT2D eigenvalue weighted by Crippen LogP contribution is -2.00. The van der Waals surface area contributed by atoms with Crippen molar-refractivity contribution in [1.82, 2.24) is 9.97 Å². The maximum absolute atomic E-state index is 11.8. The summed E-state index contributed by atoms with van der Waals surface area (Å²) in [6.45, 7) is 0.304. The fourth-order valence-corrected chi connectivity index (χ4v) is 3.86. The molecule has 0 unspecified atom stereocenters. The number of aryl methyl sites for hydroxylation is 1. The summed E-state index contributed by atoms with van der Waals surface area (Å²) in [7, 11) is 0. The Morgan fingerprint density at radius 3 is 2.14 bits per heavy atom. The van der Waals surface area contributed by atoms with Crippen molar-refractivity contribution in [2.24, 2.45) is 0 Å². The second-order valence-corrected chi connectivity index (χ2v) is 8.38. The van der Waals surface area contributed by atoms with Crippen molar-refractivity contribution >= 4 is 5.97 Å². The number of rotatable bonds is 11. The first-order chi connectivity index (χ1) is 17.3. The highest BCUT2D eigenvalue weighted by Gasteiger charge is 2.11. The topological polar surface area (TPSA) is 52.1 Å². The summed E-state index contributed by atoms with van der Waals surface area (Å²) in [6.07, 6.45) is 10.1. The predicted octanol–water partition coefficient (Wildman–Crippen LogP) is 7.21. The van der Waals surface area contributed by atoms with Gasteiger partial charge in [0, 0.05) is 29.8 Å². The number of carbonyl (C=O) groups excluding carboxylic acids is 1. The Bertz CT molecular complexity index is 1220. The Kier molecular flexibility index (Phi) is 8.94. The first kappa shape index (κ1) is 24.1. The zero-order valence-corrected chi connectivity index (χ0v) is 19.8. The third-order valence-corrected chi connectivity index (χ3v) is 5.72. The van der Waals surface area contributed by atoms with Gasteiger partial charge in [-0.15, -0.1) is 0 Å². The number of benzene rings is 3. The molecule has 176 valence electrons. The van der Waals surface area contributed by atoms with Crippen LogP contribution in [0.15, 0.2) is 109 Å². The average Bonchev–Trinajstić information content (AvgIpc) is 2.93. The fourth-order valence-electron chi connectivity index (χ4n) is 3.86. The molecule has 35 heavy (non-hydrogen) atoms. The summed E-state index contributed by atoms with van der Waals surface area (Å²) in [6, 6.07) is 30.3. The molecular weight excluding hydrogens is 432 g/mol. The lowest BCUT2D eigenvalue weighted by atomic mass is 10.0. The molecule has 0 atom stereocenters. The zero-order chi connectivity index (χ0) is 24.1. The number of aromatic nitrogens is 2. The second-order valence-electron chi connectivity index (χ2n) is 8.38. The van der Waals surface area contributed by atoms with Crippen molar-refractivity contribution in [3.05, 3.63) is 121 Å². The molecule has 0 aliphatic rings. The third kappa shape index (κ3) is 7.47. The van der Waals surface area contributed by atoms with E-state index in [1.807, 2.05) is 79.0 Å². The molecular formula is C31H30N2O2. The summed E-state index contributed by atoms with van der Waals surface area (Å²) in [5.74, 6) is 0.567. The van der Waals surface area contributed by atoms with Gasteiger partial charge in [0.1, 0.15) is 12.4 Å². The van der Waals surface area contributed by atoms with Gasteiger partial charge in [0.25, 0.3) is 0 Å². The normalized spacial score (nSPS) is 11.0. The highest BCUT2D eigenvalue weighted by Crippen LogP contribution is 2.30. The van der Waals surface area contributed by atoms with Gasteiger partial charge in [0.15, 0.2) is 0 Å². The number of hydrogen-bond donors (Lipinski definition) is 0. The molecule has 0 fully saturated rings. The van der Waals surface area contributed by atoms with Gasteiger partial charge in [0.05, 0.1) is 5.69 Å². The second kappa shape index (κ2) is 13.0. The van der Waals surface area contributed by atoms with E-state index in [4.69, 9.17) is 9.72 Å². The van der Waals surface area contributed by atoms with Crippen LogP contribution in [-0.4, -0.2) is 15.9 Å². The minimum Gasteiger partial charge on any atom is -0.458 e. The molecule has 4 rings (SSSR count). The van der Waals surface area contributed by atoms with Crippen LogP contribution in [-0.2, 0) is 22.6 Å². The third-order valence-electron chi connectivity index (χ3n) is 5.72. The van der Waals surface area contributed by atoms with Gasteiger partial charge >= 0.3 is 5.97 Å². The highest BCUT2D eigenvalue weighted by atomic mass is 16.5. The van der Waals surface area contributed by atoms with Gasteiger partial charge in [0.2, 0.25) is 0 Å². The summed E-state index contributed by atoms with van der Waals surface area (Å²) < 4.78 is 5.26. The van der Waals surface area contributed by atoms with E-state index in [0.29, 0.717) is 6.61 Å². The van der Waals surface area contributed by atoms with Crippen molar-refractivity contribution in [3.63, 3.8) is 0 Å². The number of unbranched alkanes of at least 4 members (excludes halogenated alkanes) is 3. The zero-order valence-electron chi connectivity index (χ0n) is 19.8. The SMILES string of the molecule is O=C(C=CCCCCCc1ncc(-c2ccccc2)c(-c2ccccc2)n1)OCc1ccccc1. The molecule has 4 heteroatoms. The highest BCUT2D eigenvalue weighted by molar-refractivity contribution is 5.82. The van der Waals surface area contributed by atoms with E-state index in [0.717, 1.165) is 65.9 Å². The molecule has 0 bridgehead atoms. The Morgan fingerprint density at radius 2 is 1.43 bits per heavy atom. The fraction of sp³-hybridized carbons (Fsp3) is 0.194. The van der Waals surface area contributed by atoms with Crippen molar-refractivity contribution in [1.29, 1.82) is 0 Å². The largest absolute Gasteiger partial charge is 0.458 e. The van der Waals surface area contributed by atoms with E-state index < -0.39 is 0 Å². The molecule has 4 aromatic rings.